The van der Waals surface area contributed by atoms with Crippen LogP contribution in [0.15, 0.2) is 35.7 Å². The molecular formula is C32H36Cl2F3N7O2S. The summed E-state index contributed by atoms with van der Waals surface area (Å²) in [6, 6.07) is 8.51. The first kappa shape index (κ1) is 34.8. The molecular weight excluding hydrogens is 674 g/mol. The number of hydrogen-bond donors (Lipinski definition) is 3. The highest BCUT2D eigenvalue weighted by molar-refractivity contribution is 7.10. The number of pyridine rings is 1. The second kappa shape index (κ2) is 13.5. The number of amides is 2. The average Bonchev–Trinajstić information content (AvgIpc) is 3.66. The summed E-state index contributed by atoms with van der Waals surface area (Å²) in [5, 5.41) is 11.6. The molecule has 0 aliphatic carbocycles. The number of piperidine rings is 1. The van der Waals surface area contributed by atoms with Gasteiger partial charge in [0.1, 0.15) is 11.3 Å². The van der Waals surface area contributed by atoms with E-state index in [0.717, 1.165) is 4.88 Å². The van der Waals surface area contributed by atoms with Crippen LogP contribution >= 0.6 is 34.5 Å². The summed E-state index contributed by atoms with van der Waals surface area (Å²) >= 11 is 14.8. The molecule has 0 bridgehead atoms. The van der Waals surface area contributed by atoms with Crippen LogP contribution in [0.2, 0.25) is 10.0 Å². The van der Waals surface area contributed by atoms with Crippen molar-refractivity contribution in [2.45, 2.75) is 59.3 Å². The number of aromatic nitrogens is 3. The van der Waals surface area contributed by atoms with Crippen molar-refractivity contribution in [1.29, 1.82) is 0 Å². The zero-order valence-electron chi connectivity index (χ0n) is 26.6. The zero-order chi connectivity index (χ0) is 34.3. The number of imidazole rings is 1. The van der Waals surface area contributed by atoms with Crippen LogP contribution in [-0.2, 0) is 18.4 Å². The topological polar surface area (TPSA) is 104 Å². The van der Waals surface area contributed by atoms with Gasteiger partial charge in [-0.2, -0.15) is 13.2 Å². The Balaban J connectivity index is 1.49. The van der Waals surface area contributed by atoms with E-state index in [1.807, 2.05) is 45.2 Å². The van der Waals surface area contributed by atoms with Crippen molar-refractivity contribution in [2.75, 3.05) is 23.3 Å². The molecule has 2 amide bonds. The quantitative estimate of drug-likeness (QED) is 0.171. The van der Waals surface area contributed by atoms with E-state index in [1.165, 1.54) is 11.3 Å². The van der Waals surface area contributed by atoms with Gasteiger partial charge in [0.2, 0.25) is 11.9 Å². The van der Waals surface area contributed by atoms with Crippen molar-refractivity contribution in [1.82, 2.24) is 25.2 Å². The highest BCUT2D eigenvalue weighted by Crippen LogP contribution is 2.38. The molecule has 1 saturated heterocycles. The maximum absolute atomic E-state index is 13.7. The third kappa shape index (κ3) is 7.62. The van der Waals surface area contributed by atoms with Gasteiger partial charge in [-0.25, -0.2) is 9.97 Å². The molecule has 1 unspecified atom stereocenters. The van der Waals surface area contributed by atoms with Gasteiger partial charge in [0, 0.05) is 37.0 Å². The molecule has 1 aliphatic heterocycles. The van der Waals surface area contributed by atoms with Crippen LogP contribution in [-0.4, -0.2) is 45.6 Å². The van der Waals surface area contributed by atoms with E-state index in [1.54, 1.807) is 34.7 Å². The minimum absolute atomic E-state index is 0.0934. The number of nitrogens with zero attached hydrogens (tertiary/aromatic N) is 4. The van der Waals surface area contributed by atoms with Gasteiger partial charge in [-0.15, -0.1) is 11.3 Å². The molecule has 47 heavy (non-hydrogen) atoms. The molecule has 0 spiro atoms. The van der Waals surface area contributed by atoms with Gasteiger partial charge in [0.25, 0.3) is 5.91 Å². The van der Waals surface area contributed by atoms with Gasteiger partial charge in [-0.1, -0.05) is 56.1 Å². The van der Waals surface area contributed by atoms with E-state index in [-0.39, 0.29) is 55.8 Å². The van der Waals surface area contributed by atoms with Crippen molar-refractivity contribution >= 4 is 75.0 Å². The van der Waals surface area contributed by atoms with Crippen LogP contribution in [0, 0.1) is 11.3 Å². The van der Waals surface area contributed by atoms with E-state index in [4.69, 9.17) is 28.2 Å². The molecule has 1 fully saturated rings. The van der Waals surface area contributed by atoms with Gasteiger partial charge < -0.3 is 20.9 Å². The van der Waals surface area contributed by atoms with Crippen molar-refractivity contribution < 1.29 is 22.8 Å². The Kier molecular flexibility index (Phi) is 10.0. The predicted molar refractivity (Wildman–Crippen MR) is 181 cm³/mol. The first-order valence-electron chi connectivity index (χ1n) is 15.1. The van der Waals surface area contributed by atoms with Crippen molar-refractivity contribution in [3.8, 4) is 0 Å². The Morgan fingerprint density at radius 1 is 1.11 bits per heavy atom. The van der Waals surface area contributed by atoms with E-state index in [9.17, 15) is 22.8 Å². The number of halogens is 5. The average molecular weight is 711 g/mol. The van der Waals surface area contributed by atoms with Crippen LogP contribution in [0.4, 0.5) is 30.6 Å². The number of hydrogen-bond acceptors (Lipinski definition) is 7. The van der Waals surface area contributed by atoms with Gasteiger partial charge in [0.15, 0.2) is 5.65 Å². The third-order valence-electron chi connectivity index (χ3n) is 8.17. The molecule has 252 valence electrons. The predicted octanol–water partition coefficient (Wildman–Crippen LogP) is 8.01. The Hall–Kier alpha value is -3.55. The summed E-state index contributed by atoms with van der Waals surface area (Å²) in [4.78, 5) is 38.3. The molecule has 1 aliphatic rings. The first-order chi connectivity index (χ1) is 22.0. The second-order valence-electron chi connectivity index (χ2n) is 12.7. The van der Waals surface area contributed by atoms with Gasteiger partial charge >= 0.3 is 6.18 Å². The third-order valence-corrected chi connectivity index (χ3v) is 9.97. The summed E-state index contributed by atoms with van der Waals surface area (Å²) in [6.45, 7) is 7.67. The fourth-order valence-electron chi connectivity index (χ4n) is 5.32. The van der Waals surface area contributed by atoms with Crippen molar-refractivity contribution in [3.63, 3.8) is 0 Å². The lowest BCUT2D eigenvalue weighted by Gasteiger charge is -2.34. The molecule has 1 atom stereocenters. The molecule has 1 aromatic carbocycles. The van der Waals surface area contributed by atoms with Crippen LogP contribution in [0.1, 0.15) is 67.4 Å². The maximum atomic E-state index is 13.7. The molecule has 4 aromatic rings. The summed E-state index contributed by atoms with van der Waals surface area (Å²) in [5.74, 6) is -1.35. The standard InChI is InChI=1S/C32H36Cl2F3N7O2S/c1-17(23-7-6-14-47-23)39-28(45)20-15-22-27(42-26(20)44-12-10-19(11-13-44)32(35,36)37)43(5)30(40-22)41-25-21(33)9-8-18(24(25)34)16-38-29(46)31(2,3)4/h6-9,14-15,17,19H,10-13,16H2,1-5H3,(H,38,46)(H,39,45)(H,40,41). The highest BCUT2D eigenvalue weighted by Gasteiger charge is 2.41. The molecule has 4 heterocycles. The largest absolute Gasteiger partial charge is 0.391 e. The van der Waals surface area contributed by atoms with Crippen molar-refractivity contribution in [2.24, 2.45) is 18.4 Å². The first-order valence-corrected chi connectivity index (χ1v) is 16.7. The fourth-order valence-corrected chi connectivity index (χ4v) is 6.59. The summed E-state index contributed by atoms with van der Waals surface area (Å²) in [7, 11) is 1.72. The van der Waals surface area contributed by atoms with E-state index in [0.29, 0.717) is 38.4 Å². The Morgan fingerprint density at radius 3 is 2.43 bits per heavy atom. The molecule has 9 nitrogen and oxygen atoms in total. The molecule has 0 saturated carbocycles. The Labute approximate surface area is 284 Å². The van der Waals surface area contributed by atoms with Crippen LogP contribution in [0.3, 0.4) is 0 Å². The number of rotatable bonds is 8. The number of thiophene rings is 1. The minimum Gasteiger partial charge on any atom is -0.356 e. The molecule has 5 rings (SSSR count). The normalized spacial score (nSPS) is 15.1. The molecule has 0 radical (unpaired) electrons. The number of benzene rings is 1. The lowest BCUT2D eigenvalue weighted by Crippen LogP contribution is -2.40. The number of carbonyl (C=O) groups is 2. The van der Waals surface area contributed by atoms with Crippen LogP contribution in [0.25, 0.3) is 11.2 Å². The van der Waals surface area contributed by atoms with Gasteiger partial charge in [0.05, 0.1) is 33.3 Å². The summed E-state index contributed by atoms with van der Waals surface area (Å²) in [5.41, 5.74) is 1.43. The monoisotopic (exact) mass is 709 g/mol. The Morgan fingerprint density at radius 2 is 1.81 bits per heavy atom. The Bertz CT molecular complexity index is 1780. The van der Waals surface area contributed by atoms with Crippen LogP contribution < -0.4 is 20.9 Å². The fraction of sp³-hybridized carbons (Fsp3) is 0.438. The van der Waals surface area contributed by atoms with Gasteiger partial charge in [-0.3, -0.25) is 14.2 Å². The summed E-state index contributed by atoms with van der Waals surface area (Å²) in [6.07, 6.45) is -4.48. The van der Waals surface area contributed by atoms with E-state index >= 15 is 0 Å². The van der Waals surface area contributed by atoms with E-state index < -0.39 is 23.4 Å². The maximum Gasteiger partial charge on any atom is 0.391 e. The number of fused-ring (bicyclic) bond motifs is 1. The molecule has 15 heteroatoms. The van der Waals surface area contributed by atoms with E-state index in [2.05, 4.69) is 20.9 Å². The molecule has 3 aromatic heterocycles. The minimum atomic E-state index is -4.28. The highest BCUT2D eigenvalue weighted by atomic mass is 35.5. The van der Waals surface area contributed by atoms with Crippen LogP contribution in [0.5, 0.6) is 0 Å². The lowest BCUT2D eigenvalue weighted by molar-refractivity contribution is -0.179. The van der Waals surface area contributed by atoms with Crippen molar-refractivity contribution in [3.05, 3.63) is 61.8 Å². The number of alkyl halides is 3. The number of nitrogens with one attached hydrogen (secondary N) is 3. The number of carbonyl (C=O) groups excluding carboxylic acids is 2. The zero-order valence-corrected chi connectivity index (χ0v) is 28.9. The second-order valence-corrected chi connectivity index (χ2v) is 14.4. The van der Waals surface area contributed by atoms with Gasteiger partial charge in [-0.05, 0) is 48.9 Å². The summed E-state index contributed by atoms with van der Waals surface area (Å²) < 4.78 is 42.0. The smallest absolute Gasteiger partial charge is 0.356 e. The number of anilines is 3. The SMILES string of the molecule is CC(NC(=O)c1cc2nc(Nc3c(Cl)ccc(CNC(=O)C(C)(C)C)c3Cl)n(C)c2nc1N1CCC(C(F)(F)F)CC1)c1cccs1. The lowest BCUT2D eigenvalue weighted by atomic mass is 9.95. The molecule has 3 N–H and O–H groups in total. The number of aryl methyl sites for hydroxylation is 1.